The van der Waals surface area contributed by atoms with Crippen LogP contribution in [0.5, 0.6) is 0 Å². The molecule has 0 aliphatic heterocycles. The molecule has 1 fully saturated rings. The van der Waals surface area contributed by atoms with Gasteiger partial charge in [0.15, 0.2) is 0 Å². The van der Waals surface area contributed by atoms with Crippen molar-refractivity contribution in [3.05, 3.63) is 34.9 Å². The van der Waals surface area contributed by atoms with Crippen molar-refractivity contribution in [3.63, 3.8) is 0 Å². The van der Waals surface area contributed by atoms with Gasteiger partial charge in [0, 0.05) is 17.0 Å². The van der Waals surface area contributed by atoms with Gasteiger partial charge in [-0.2, -0.15) is 0 Å². The summed E-state index contributed by atoms with van der Waals surface area (Å²) < 4.78 is 0. The zero-order chi connectivity index (χ0) is 13.9. The number of aliphatic hydroxyl groups is 1. The summed E-state index contributed by atoms with van der Waals surface area (Å²) in [7, 11) is 0. The Kier molecular flexibility index (Phi) is 4.88. The van der Waals surface area contributed by atoms with Gasteiger partial charge < -0.3 is 10.8 Å². The van der Waals surface area contributed by atoms with Crippen molar-refractivity contribution in [2.45, 2.75) is 45.1 Å². The number of aliphatic hydroxyl groups excluding tert-OH is 1. The molecular weight excluding hydrogens is 258 g/mol. The third kappa shape index (κ3) is 3.13. The van der Waals surface area contributed by atoms with Gasteiger partial charge in [0.05, 0.1) is 6.10 Å². The van der Waals surface area contributed by atoms with Crippen molar-refractivity contribution >= 4 is 11.6 Å². The van der Waals surface area contributed by atoms with E-state index in [-0.39, 0.29) is 5.41 Å². The first-order valence-electron chi connectivity index (χ1n) is 7.25. The van der Waals surface area contributed by atoms with Crippen LogP contribution in [-0.4, -0.2) is 11.7 Å². The molecule has 19 heavy (non-hydrogen) atoms. The van der Waals surface area contributed by atoms with E-state index < -0.39 is 6.10 Å². The van der Waals surface area contributed by atoms with E-state index in [0.717, 1.165) is 18.4 Å². The molecular formula is C16H24ClNO. The van der Waals surface area contributed by atoms with Crippen LogP contribution in [0.4, 0.5) is 0 Å². The van der Waals surface area contributed by atoms with Crippen LogP contribution in [0.2, 0.25) is 5.02 Å². The Hall–Kier alpha value is -0.570. The number of halogens is 1. The summed E-state index contributed by atoms with van der Waals surface area (Å²) in [6.07, 6.45) is 5.18. The first kappa shape index (κ1) is 14.8. The Labute approximate surface area is 121 Å². The topological polar surface area (TPSA) is 46.2 Å². The van der Waals surface area contributed by atoms with Crippen LogP contribution >= 0.6 is 11.6 Å². The molecule has 1 aromatic carbocycles. The second kappa shape index (κ2) is 6.25. The molecule has 2 rings (SSSR count). The minimum Gasteiger partial charge on any atom is -0.388 e. The molecule has 0 amide bonds. The number of rotatable bonds is 4. The number of hydrogen-bond acceptors (Lipinski definition) is 2. The van der Waals surface area contributed by atoms with Crippen LogP contribution in [0.1, 0.15) is 50.7 Å². The van der Waals surface area contributed by atoms with Crippen molar-refractivity contribution < 1.29 is 5.11 Å². The highest BCUT2D eigenvalue weighted by Crippen LogP contribution is 2.48. The smallest absolute Gasteiger partial charge is 0.0858 e. The predicted octanol–water partition coefficient (Wildman–Crippen LogP) is 3.92. The lowest BCUT2D eigenvalue weighted by molar-refractivity contribution is -0.0162. The SMILES string of the molecule is CCC1CCCC(CN)(C(O)c2ccc(Cl)cc2)C1. The van der Waals surface area contributed by atoms with E-state index in [1.165, 1.54) is 19.3 Å². The lowest BCUT2D eigenvalue weighted by atomic mass is 9.64. The molecule has 0 aromatic heterocycles. The van der Waals surface area contributed by atoms with Crippen molar-refractivity contribution in [1.29, 1.82) is 0 Å². The van der Waals surface area contributed by atoms with E-state index in [9.17, 15) is 5.11 Å². The van der Waals surface area contributed by atoms with E-state index in [4.69, 9.17) is 17.3 Å². The largest absolute Gasteiger partial charge is 0.388 e. The lowest BCUT2D eigenvalue weighted by Crippen LogP contribution is -2.41. The zero-order valence-corrected chi connectivity index (χ0v) is 12.4. The third-order valence-electron chi connectivity index (χ3n) is 4.73. The van der Waals surface area contributed by atoms with Gasteiger partial charge >= 0.3 is 0 Å². The normalized spacial score (nSPS) is 29.2. The highest BCUT2D eigenvalue weighted by molar-refractivity contribution is 6.30. The second-order valence-electron chi connectivity index (χ2n) is 5.89. The molecule has 106 valence electrons. The molecule has 3 atom stereocenters. The molecule has 3 heteroatoms. The average molecular weight is 282 g/mol. The van der Waals surface area contributed by atoms with Crippen molar-refractivity contribution in [2.75, 3.05) is 6.54 Å². The van der Waals surface area contributed by atoms with E-state index >= 15 is 0 Å². The quantitative estimate of drug-likeness (QED) is 0.879. The van der Waals surface area contributed by atoms with E-state index in [1.54, 1.807) is 0 Å². The fraction of sp³-hybridized carbons (Fsp3) is 0.625. The molecule has 2 nitrogen and oxygen atoms in total. The van der Waals surface area contributed by atoms with E-state index in [1.807, 2.05) is 24.3 Å². The van der Waals surface area contributed by atoms with Gasteiger partial charge in [-0.25, -0.2) is 0 Å². The predicted molar refractivity (Wildman–Crippen MR) is 80.1 cm³/mol. The second-order valence-corrected chi connectivity index (χ2v) is 6.33. The maximum absolute atomic E-state index is 10.8. The van der Waals surface area contributed by atoms with Crippen LogP contribution in [-0.2, 0) is 0 Å². The van der Waals surface area contributed by atoms with Gasteiger partial charge in [-0.05, 0) is 36.5 Å². The maximum Gasteiger partial charge on any atom is 0.0858 e. The monoisotopic (exact) mass is 281 g/mol. The molecule has 1 aliphatic carbocycles. The third-order valence-corrected chi connectivity index (χ3v) is 4.98. The average Bonchev–Trinajstić information content (AvgIpc) is 2.47. The van der Waals surface area contributed by atoms with Crippen LogP contribution in [0, 0.1) is 11.3 Å². The Bertz CT molecular complexity index is 406. The highest BCUT2D eigenvalue weighted by Gasteiger charge is 2.41. The van der Waals surface area contributed by atoms with Gasteiger partial charge in [-0.15, -0.1) is 0 Å². The number of nitrogens with two attached hydrogens (primary N) is 1. The molecule has 0 bridgehead atoms. The molecule has 1 aliphatic rings. The highest BCUT2D eigenvalue weighted by atomic mass is 35.5. The summed E-state index contributed by atoms with van der Waals surface area (Å²) in [5, 5.41) is 11.5. The van der Waals surface area contributed by atoms with E-state index in [0.29, 0.717) is 17.5 Å². The summed E-state index contributed by atoms with van der Waals surface area (Å²) in [4.78, 5) is 0. The Balaban J connectivity index is 2.22. The maximum atomic E-state index is 10.8. The van der Waals surface area contributed by atoms with E-state index in [2.05, 4.69) is 6.92 Å². The van der Waals surface area contributed by atoms with Crippen molar-refractivity contribution in [2.24, 2.45) is 17.1 Å². The lowest BCUT2D eigenvalue weighted by Gasteiger charge is -2.43. The van der Waals surface area contributed by atoms with Gasteiger partial charge in [0.2, 0.25) is 0 Å². The molecule has 3 unspecified atom stereocenters. The summed E-state index contributed by atoms with van der Waals surface area (Å²) in [5.41, 5.74) is 6.81. The van der Waals surface area contributed by atoms with Crippen molar-refractivity contribution in [3.8, 4) is 0 Å². The first-order chi connectivity index (χ1) is 9.11. The van der Waals surface area contributed by atoms with Gasteiger partial charge in [0.25, 0.3) is 0 Å². The summed E-state index contributed by atoms with van der Waals surface area (Å²) in [6.45, 7) is 2.78. The van der Waals surface area contributed by atoms with Gasteiger partial charge in [-0.3, -0.25) is 0 Å². The van der Waals surface area contributed by atoms with Crippen LogP contribution in [0.3, 0.4) is 0 Å². The first-order valence-corrected chi connectivity index (χ1v) is 7.62. The fourth-order valence-electron chi connectivity index (χ4n) is 3.41. The van der Waals surface area contributed by atoms with Crippen LogP contribution in [0.25, 0.3) is 0 Å². The minimum atomic E-state index is -0.482. The molecule has 0 heterocycles. The summed E-state index contributed by atoms with van der Waals surface area (Å²) in [5.74, 6) is 0.694. The standard InChI is InChI=1S/C16H24ClNO/c1-2-12-4-3-9-16(10-12,11-18)15(19)13-5-7-14(17)8-6-13/h5-8,12,15,19H,2-4,9-11,18H2,1H3. The molecule has 3 N–H and O–H groups in total. The molecule has 1 saturated carbocycles. The fourth-order valence-corrected chi connectivity index (χ4v) is 3.54. The summed E-state index contributed by atoms with van der Waals surface area (Å²) in [6, 6.07) is 7.51. The van der Waals surface area contributed by atoms with Gasteiger partial charge in [0.1, 0.15) is 0 Å². The van der Waals surface area contributed by atoms with Gasteiger partial charge in [-0.1, -0.05) is 49.9 Å². The zero-order valence-electron chi connectivity index (χ0n) is 11.6. The molecule has 0 spiro atoms. The molecule has 0 radical (unpaired) electrons. The minimum absolute atomic E-state index is 0.160. The molecule has 1 aromatic rings. The van der Waals surface area contributed by atoms with Crippen LogP contribution < -0.4 is 5.73 Å². The Morgan fingerprint density at radius 1 is 1.42 bits per heavy atom. The van der Waals surface area contributed by atoms with Crippen LogP contribution in [0.15, 0.2) is 24.3 Å². The number of hydrogen-bond donors (Lipinski definition) is 2. The Morgan fingerprint density at radius 2 is 2.11 bits per heavy atom. The number of benzene rings is 1. The summed E-state index contributed by atoms with van der Waals surface area (Å²) >= 11 is 5.91. The van der Waals surface area contributed by atoms with Crippen molar-refractivity contribution in [1.82, 2.24) is 0 Å². The Morgan fingerprint density at radius 3 is 2.68 bits per heavy atom. The molecule has 0 saturated heterocycles.